The van der Waals surface area contributed by atoms with E-state index in [4.69, 9.17) is 0 Å². The van der Waals surface area contributed by atoms with Crippen molar-refractivity contribution in [1.29, 1.82) is 0 Å². The molecule has 0 saturated heterocycles. The first-order valence-electron chi connectivity index (χ1n) is 9.25. The number of nitrogens with one attached hydrogen (secondary N) is 2. The van der Waals surface area contributed by atoms with Crippen LogP contribution in [0.5, 0.6) is 0 Å². The number of amides is 2. The number of fused-ring (bicyclic) bond motifs is 1. The van der Waals surface area contributed by atoms with Crippen LogP contribution in [0.1, 0.15) is 41.2 Å². The highest BCUT2D eigenvalue weighted by Crippen LogP contribution is 2.21. The lowest BCUT2D eigenvalue weighted by atomic mass is 10.1. The molecule has 2 heterocycles. The van der Waals surface area contributed by atoms with E-state index in [1.807, 2.05) is 59.0 Å². The number of benzene rings is 1. The predicted octanol–water partition coefficient (Wildman–Crippen LogP) is 3.11. The lowest BCUT2D eigenvalue weighted by Gasteiger charge is -2.10. The topological polar surface area (TPSA) is 88.9 Å². The van der Waals surface area contributed by atoms with Crippen LogP contribution in [0.15, 0.2) is 30.3 Å². The van der Waals surface area contributed by atoms with E-state index < -0.39 is 0 Å². The number of aryl methyl sites for hydroxylation is 3. The number of anilines is 1. The molecule has 0 unspecified atom stereocenters. The van der Waals surface area contributed by atoms with Crippen LogP contribution in [0.4, 0.5) is 5.69 Å². The van der Waals surface area contributed by atoms with Gasteiger partial charge in [0, 0.05) is 30.9 Å². The summed E-state index contributed by atoms with van der Waals surface area (Å²) in [5.41, 5.74) is 4.51. The molecule has 0 aliphatic carbocycles. The predicted molar refractivity (Wildman–Crippen MR) is 109 cm³/mol. The van der Waals surface area contributed by atoms with Gasteiger partial charge < -0.3 is 10.6 Å². The summed E-state index contributed by atoms with van der Waals surface area (Å²) in [4.78, 5) is 29.0. The van der Waals surface area contributed by atoms with Crippen LogP contribution < -0.4 is 10.6 Å². The van der Waals surface area contributed by atoms with Crippen LogP contribution in [0.2, 0.25) is 0 Å². The summed E-state index contributed by atoms with van der Waals surface area (Å²) in [5, 5.41) is 11.0. The summed E-state index contributed by atoms with van der Waals surface area (Å²) >= 11 is 0. The maximum absolute atomic E-state index is 12.8. The number of carbonyl (C=O) groups excluding carboxylic acids is 2. The molecule has 2 amide bonds. The number of rotatable bonds is 5. The minimum Gasteiger partial charge on any atom is -0.348 e. The van der Waals surface area contributed by atoms with Crippen LogP contribution >= 0.6 is 0 Å². The molecule has 7 nitrogen and oxygen atoms in total. The molecule has 0 saturated carbocycles. The lowest BCUT2D eigenvalue weighted by Crippen LogP contribution is -2.23. The Balaban J connectivity index is 1.73. The largest absolute Gasteiger partial charge is 0.348 e. The van der Waals surface area contributed by atoms with Crippen molar-refractivity contribution < 1.29 is 9.59 Å². The minimum absolute atomic E-state index is 0.0232. The van der Waals surface area contributed by atoms with Crippen molar-refractivity contribution in [2.24, 2.45) is 13.0 Å². The second-order valence-corrected chi connectivity index (χ2v) is 7.24. The van der Waals surface area contributed by atoms with Gasteiger partial charge in [0.05, 0.1) is 16.6 Å². The molecule has 0 atom stereocenters. The number of pyridine rings is 1. The summed E-state index contributed by atoms with van der Waals surface area (Å²) < 4.78 is 1.69. The van der Waals surface area contributed by atoms with E-state index in [-0.39, 0.29) is 17.7 Å². The van der Waals surface area contributed by atoms with Gasteiger partial charge in [-0.15, -0.1) is 0 Å². The van der Waals surface area contributed by atoms with E-state index >= 15 is 0 Å². The van der Waals surface area contributed by atoms with Gasteiger partial charge in [0.25, 0.3) is 5.91 Å². The Bertz CT molecular complexity index is 1040. The third kappa shape index (κ3) is 4.03. The molecule has 0 spiro atoms. The fourth-order valence-electron chi connectivity index (χ4n) is 3.02. The van der Waals surface area contributed by atoms with Crippen LogP contribution in [0, 0.1) is 19.8 Å². The first kappa shape index (κ1) is 19.5. The fraction of sp³-hybridized carbons (Fsp3) is 0.333. The van der Waals surface area contributed by atoms with Crippen LogP contribution in [-0.2, 0) is 18.4 Å². The Morgan fingerprint density at radius 2 is 1.82 bits per heavy atom. The first-order valence-corrected chi connectivity index (χ1v) is 9.25. The summed E-state index contributed by atoms with van der Waals surface area (Å²) in [7, 11) is 1.82. The number of aromatic nitrogens is 3. The quantitative estimate of drug-likeness (QED) is 0.713. The summed E-state index contributed by atoms with van der Waals surface area (Å²) in [6.07, 6.45) is 0. The van der Waals surface area contributed by atoms with Crippen molar-refractivity contribution >= 4 is 28.5 Å². The molecule has 0 aliphatic rings. The number of carbonyl (C=O) groups is 2. The van der Waals surface area contributed by atoms with Crippen molar-refractivity contribution in [3.63, 3.8) is 0 Å². The summed E-state index contributed by atoms with van der Waals surface area (Å²) in [5.74, 6) is -0.260. The zero-order chi connectivity index (χ0) is 20.4. The minimum atomic E-state index is -0.163. The second-order valence-electron chi connectivity index (χ2n) is 7.24. The van der Waals surface area contributed by atoms with Gasteiger partial charge in [0.1, 0.15) is 0 Å². The number of nitrogens with zero attached hydrogens (tertiary/aromatic N) is 3. The Morgan fingerprint density at radius 3 is 2.46 bits per heavy atom. The molecular formula is C21H25N5O2. The molecule has 0 aliphatic heterocycles. The molecule has 1 aromatic carbocycles. The molecule has 0 bridgehead atoms. The molecule has 2 N–H and O–H groups in total. The van der Waals surface area contributed by atoms with Crippen molar-refractivity contribution in [1.82, 2.24) is 20.1 Å². The van der Waals surface area contributed by atoms with Crippen LogP contribution in [0.3, 0.4) is 0 Å². The maximum Gasteiger partial charge on any atom is 0.252 e. The Kier molecular flexibility index (Phi) is 5.44. The van der Waals surface area contributed by atoms with Gasteiger partial charge in [0.2, 0.25) is 5.91 Å². The second kappa shape index (κ2) is 7.80. The molecule has 7 heteroatoms. The van der Waals surface area contributed by atoms with Crippen molar-refractivity contribution in [3.8, 4) is 0 Å². The smallest absolute Gasteiger partial charge is 0.252 e. The van der Waals surface area contributed by atoms with Gasteiger partial charge >= 0.3 is 0 Å². The van der Waals surface area contributed by atoms with E-state index in [1.54, 1.807) is 10.7 Å². The van der Waals surface area contributed by atoms with E-state index in [1.165, 1.54) is 0 Å². The highest BCUT2D eigenvalue weighted by Gasteiger charge is 2.17. The normalized spacial score (nSPS) is 11.1. The zero-order valence-corrected chi connectivity index (χ0v) is 16.8. The molecule has 28 heavy (non-hydrogen) atoms. The monoisotopic (exact) mass is 379 g/mol. The van der Waals surface area contributed by atoms with Gasteiger partial charge in [0.15, 0.2) is 5.65 Å². The SMILES string of the molecule is Cc1cc(C(=O)NCc2ccc(NC(=O)C(C)C)cc2)c2c(C)nn(C)c2n1. The van der Waals surface area contributed by atoms with E-state index in [9.17, 15) is 9.59 Å². The van der Waals surface area contributed by atoms with Gasteiger partial charge in [-0.2, -0.15) is 5.10 Å². The zero-order valence-electron chi connectivity index (χ0n) is 16.8. The van der Waals surface area contributed by atoms with Crippen LogP contribution in [0.25, 0.3) is 11.0 Å². The lowest BCUT2D eigenvalue weighted by molar-refractivity contribution is -0.118. The van der Waals surface area contributed by atoms with Gasteiger partial charge in [-0.05, 0) is 37.6 Å². The third-order valence-electron chi connectivity index (χ3n) is 4.54. The summed E-state index contributed by atoms with van der Waals surface area (Å²) in [6, 6.07) is 9.23. The average Bonchev–Trinajstić information content (AvgIpc) is 2.93. The van der Waals surface area contributed by atoms with Crippen molar-refractivity contribution in [2.45, 2.75) is 34.2 Å². The maximum atomic E-state index is 12.8. The number of hydrogen-bond acceptors (Lipinski definition) is 4. The first-order chi connectivity index (χ1) is 13.3. The fourth-order valence-corrected chi connectivity index (χ4v) is 3.02. The van der Waals surface area contributed by atoms with Gasteiger partial charge in [-0.25, -0.2) is 4.98 Å². The standard InChI is InChI=1S/C21H25N5O2/c1-12(2)20(27)24-16-8-6-15(7-9-16)11-22-21(28)17-10-13(3)23-19-18(17)14(4)25-26(19)5/h6-10,12H,11H2,1-5H3,(H,22,28)(H,24,27). The average molecular weight is 379 g/mol. The molecule has 2 aromatic heterocycles. The Hall–Kier alpha value is -3.22. The molecular weight excluding hydrogens is 354 g/mol. The van der Waals surface area contributed by atoms with E-state index in [2.05, 4.69) is 20.7 Å². The molecule has 0 fully saturated rings. The highest BCUT2D eigenvalue weighted by molar-refractivity contribution is 6.06. The summed E-state index contributed by atoms with van der Waals surface area (Å²) in [6.45, 7) is 7.82. The van der Waals surface area contributed by atoms with Gasteiger partial charge in [-0.3, -0.25) is 14.3 Å². The van der Waals surface area contributed by atoms with Crippen LogP contribution in [-0.4, -0.2) is 26.6 Å². The Labute approximate surface area is 164 Å². The molecule has 3 rings (SSSR count). The molecule has 3 aromatic rings. The van der Waals surface area contributed by atoms with E-state index in [0.717, 1.165) is 28.0 Å². The third-order valence-corrected chi connectivity index (χ3v) is 4.54. The highest BCUT2D eigenvalue weighted by atomic mass is 16.2. The van der Waals surface area contributed by atoms with Crippen molar-refractivity contribution in [2.75, 3.05) is 5.32 Å². The number of hydrogen-bond donors (Lipinski definition) is 2. The molecule has 146 valence electrons. The van der Waals surface area contributed by atoms with Crippen molar-refractivity contribution in [3.05, 3.63) is 52.8 Å². The van der Waals surface area contributed by atoms with Gasteiger partial charge in [-0.1, -0.05) is 26.0 Å². The Morgan fingerprint density at radius 1 is 1.14 bits per heavy atom. The van der Waals surface area contributed by atoms with E-state index in [0.29, 0.717) is 17.8 Å². The molecule has 0 radical (unpaired) electrons.